The van der Waals surface area contributed by atoms with Crippen molar-refractivity contribution >= 4 is 17.5 Å². The van der Waals surface area contributed by atoms with Gasteiger partial charge in [0, 0.05) is 18.4 Å². The van der Waals surface area contributed by atoms with Crippen molar-refractivity contribution in [2.75, 3.05) is 25.1 Å². The molecular weight excluding hydrogens is 354 g/mol. The van der Waals surface area contributed by atoms with Crippen LogP contribution in [-0.2, 0) is 4.79 Å². The number of carbonyl (C=O) groups is 2. The largest absolute Gasteiger partial charge is 0.480 e. The Bertz CT molecular complexity index is 852. The summed E-state index contributed by atoms with van der Waals surface area (Å²) in [6.45, 7) is 4.69. The first-order valence-corrected chi connectivity index (χ1v) is 9.72. The lowest BCUT2D eigenvalue weighted by molar-refractivity contribution is -0.121. The quantitative estimate of drug-likeness (QED) is 0.769. The van der Waals surface area contributed by atoms with E-state index in [2.05, 4.69) is 11.9 Å². The number of anilines is 1. The van der Waals surface area contributed by atoms with Crippen LogP contribution < -0.4 is 9.64 Å². The number of carbonyl (C=O) groups excluding carboxylic acids is 2. The lowest BCUT2D eigenvalue weighted by Crippen LogP contribution is -2.58. The third-order valence-corrected chi connectivity index (χ3v) is 5.10. The maximum atomic E-state index is 13.2. The lowest BCUT2D eigenvalue weighted by atomic mass is 10.0. The van der Waals surface area contributed by atoms with E-state index in [0.717, 1.165) is 30.5 Å². The van der Waals surface area contributed by atoms with Crippen LogP contribution in [0.25, 0.3) is 0 Å². The molecule has 1 aromatic carbocycles. The van der Waals surface area contributed by atoms with Crippen LogP contribution in [0.3, 0.4) is 0 Å². The molecule has 1 saturated heterocycles. The van der Waals surface area contributed by atoms with Crippen molar-refractivity contribution in [2.24, 2.45) is 0 Å². The molecule has 0 saturated carbocycles. The van der Waals surface area contributed by atoms with E-state index in [0.29, 0.717) is 12.1 Å². The normalized spacial score (nSPS) is 17.0. The Morgan fingerprint density at radius 3 is 2.82 bits per heavy atom. The van der Waals surface area contributed by atoms with Crippen LogP contribution in [0, 0.1) is 6.92 Å². The van der Waals surface area contributed by atoms with Gasteiger partial charge < -0.3 is 14.5 Å². The van der Waals surface area contributed by atoms with Gasteiger partial charge in [-0.2, -0.15) is 0 Å². The van der Waals surface area contributed by atoms with Gasteiger partial charge in [0.2, 0.25) is 11.8 Å². The van der Waals surface area contributed by atoms with E-state index < -0.39 is 0 Å². The number of aryl methyl sites for hydroxylation is 1. The van der Waals surface area contributed by atoms with Gasteiger partial charge in [-0.1, -0.05) is 31.9 Å². The molecular formula is C22H27N3O3. The first-order chi connectivity index (χ1) is 13.5. The highest BCUT2D eigenvalue weighted by Gasteiger charge is 2.36. The van der Waals surface area contributed by atoms with Crippen LogP contribution in [0.4, 0.5) is 5.69 Å². The van der Waals surface area contributed by atoms with Gasteiger partial charge in [-0.3, -0.25) is 9.59 Å². The van der Waals surface area contributed by atoms with Crippen LogP contribution in [0.5, 0.6) is 5.88 Å². The van der Waals surface area contributed by atoms with E-state index in [9.17, 15) is 9.59 Å². The van der Waals surface area contributed by atoms with Gasteiger partial charge in [0.25, 0.3) is 5.91 Å². The van der Waals surface area contributed by atoms with Gasteiger partial charge in [-0.15, -0.1) is 0 Å². The highest BCUT2D eigenvalue weighted by molar-refractivity contribution is 6.03. The molecule has 0 bridgehead atoms. The molecule has 2 heterocycles. The summed E-state index contributed by atoms with van der Waals surface area (Å²) in [6, 6.07) is 11.3. The molecule has 0 radical (unpaired) electrons. The van der Waals surface area contributed by atoms with Crippen LogP contribution >= 0.6 is 0 Å². The van der Waals surface area contributed by atoms with Gasteiger partial charge in [0.15, 0.2) is 0 Å². The molecule has 1 atom stereocenters. The maximum Gasteiger partial charge on any atom is 0.260 e. The van der Waals surface area contributed by atoms with Gasteiger partial charge in [0.05, 0.1) is 13.2 Å². The average molecular weight is 381 g/mol. The fourth-order valence-electron chi connectivity index (χ4n) is 3.61. The van der Waals surface area contributed by atoms with Gasteiger partial charge in [0.1, 0.15) is 12.1 Å². The standard InChI is InChI=1S/C22H27N3O3/c1-4-5-9-18-14-24(17-10-6-8-16(2)13-17)20(26)15-25(18)22(27)19-11-7-12-23-21(19)28-3/h6-8,10-13,18H,4-5,9,14-15H2,1-3H3/t18-/m1/s1. The molecule has 1 aliphatic rings. The van der Waals surface area contributed by atoms with Crippen molar-refractivity contribution in [1.82, 2.24) is 9.88 Å². The fourth-order valence-corrected chi connectivity index (χ4v) is 3.61. The summed E-state index contributed by atoms with van der Waals surface area (Å²) < 4.78 is 5.25. The van der Waals surface area contributed by atoms with E-state index in [1.54, 1.807) is 28.1 Å². The monoisotopic (exact) mass is 381 g/mol. The topological polar surface area (TPSA) is 62.7 Å². The van der Waals surface area contributed by atoms with Crippen molar-refractivity contribution in [1.29, 1.82) is 0 Å². The van der Waals surface area contributed by atoms with Gasteiger partial charge >= 0.3 is 0 Å². The number of pyridine rings is 1. The summed E-state index contributed by atoms with van der Waals surface area (Å²) in [4.78, 5) is 33.8. The fraction of sp³-hybridized carbons (Fsp3) is 0.409. The summed E-state index contributed by atoms with van der Waals surface area (Å²) in [5.41, 5.74) is 2.38. The third kappa shape index (κ3) is 4.16. The van der Waals surface area contributed by atoms with Crippen molar-refractivity contribution in [2.45, 2.75) is 39.2 Å². The highest BCUT2D eigenvalue weighted by atomic mass is 16.5. The van der Waals surface area contributed by atoms with E-state index in [4.69, 9.17) is 4.74 Å². The van der Waals surface area contributed by atoms with Crippen LogP contribution in [0.1, 0.15) is 42.1 Å². The molecule has 2 aromatic rings. The Labute approximate surface area is 166 Å². The number of hydrogen-bond acceptors (Lipinski definition) is 4. The number of unbranched alkanes of at least 4 members (excludes halogenated alkanes) is 1. The number of methoxy groups -OCH3 is 1. The first-order valence-electron chi connectivity index (χ1n) is 9.72. The SMILES string of the molecule is CCCC[C@@H]1CN(c2cccc(C)c2)C(=O)CN1C(=O)c1cccnc1OC. The Morgan fingerprint density at radius 1 is 1.29 bits per heavy atom. The second kappa shape index (κ2) is 8.87. The Hall–Kier alpha value is -2.89. The van der Waals surface area contributed by atoms with Crippen molar-refractivity contribution in [3.05, 3.63) is 53.7 Å². The number of aromatic nitrogens is 1. The number of hydrogen-bond donors (Lipinski definition) is 0. The summed E-state index contributed by atoms with van der Waals surface area (Å²) in [5, 5.41) is 0. The van der Waals surface area contributed by atoms with Crippen LogP contribution in [0.15, 0.2) is 42.6 Å². The highest BCUT2D eigenvalue weighted by Crippen LogP contribution is 2.26. The number of amides is 2. The number of ether oxygens (including phenoxy) is 1. The Morgan fingerprint density at radius 2 is 2.11 bits per heavy atom. The molecule has 0 unspecified atom stereocenters. The third-order valence-electron chi connectivity index (χ3n) is 5.10. The van der Waals surface area contributed by atoms with E-state index in [1.165, 1.54) is 7.11 Å². The molecule has 0 aliphatic carbocycles. The molecule has 1 aromatic heterocycles. The molecule has 0 spiro atoms. The molecule has 148 valence electrons. The summed E-state index contributed by atoms with van der Waals surface area (Å²) in [7, 11) is 1.49. The molecule has 28 heavy (non-hydrogen) atoms. The number of rotatable bonds is 6. The van der Waals surface area contributed by atoms with E-state index in [-0.39, 0.29) is 30.3 Å². The van der Waals surface area contributed by atoms with Crippen LogP contribution in [0.2, 0.25) is 0 Å². The predicted molar refractivity (Wildman–Crippen MR) is 109 cm³/mol. The smallest absolute Gasteiger partial charge is 0.260 e. The minimum atomic E-state index is -0.205. The van der Waals surface area contributed by atoms with Crippen LogP contribution in [-0.4, -0.2) is 47.9 Å². The second-order valence-corrected chi connectivity index (χ2v) is 7.13. The van der Waals surface area contributed by atoms with E-state index >= 15 is 0 Å². The molecule has 6 heteroatoms. The number of piperazine rings is 1. The van der Waals surface area contributed by atoms with Crippen molar-refractivity contribution in [3.63, 3.8) is 0 Å². The zero-order valence-corrected chi connectivity index (χ0v) is 16.7. The van der Waals surface area contributed by atoms with Gasteiger partial charge in [-0.25, -0.2) is 4.98 Å². The van der Waals surface area contributed by atoms with E-state index in [1.807, 2.05) is 31.2 Å². The first kappa shape index (κ1) is 19.9. The minimum absolute atomic E-state index is 0.0458. The summed E-state index contributed by atoms with van der Waals surface area (Å²) in [6.07, 6.45) is 4.47. The number of nitrogens with zero attached hydrogens (tertiary/aromatic N) is 3. The molecule has 1 fully saturated rings. The molecule has 3 rings (SSSR count). The van der Waals surface area contributed by atoms with Crippen molar-refractivity contribution < 1.29 is 14.3 Å². The zero-order chi connectivity index (χ0) is 20.1. The molecule has 2 amide bonds. The van der Waals surface area contributed by atoms with Crippen molar-refractivity contribution in [3.8, 4) is 5.88 Å². The molecule has 6 nitrogen and oxygen atoms in total. The summed E-state index contributed by atoms with van der Waals surface area (Å²) in [5.74, 6) is 0.00755. The zero-order valence-electron chi connectivity index (χ0n) is 16.7. The maximum absolute atomic E-state index is 13.2. The second-order valence-electron chi connectivity index (χ2n) is 7.13. The molecule has 1 aliphatic heterocycles. The lowest BCUT2D eigenvalue weighted by Gasteiger charge is -2.41. The molecule has 0 N–H and O–H groups in total. The summed E-state index contributed by atoms with van der Waals surface area (Å²) >= 11 is 0. The minimum Gasteiger partial charge on any atom is -0.480 e. The average Bonchev–Trinajstić information content (AvgIpc) is 2.72. The Kier molecular flexibility index (Phi) is 6.29. The Balaban J connectivity index is 1.89. The van der Waals surface area contributed by atoms with Gasteiger partial charge in [-0.05, 0) is 43.2 Å². The predicted octanol–water partition coefficient (Wildman–Crippen LogP) is 3.45. The number of benzene rings is 1.